The Morgan fingerprint density at radius 3 is 2.70 bits per heavy atom. The van der Waals surface area contributed by atoms with Crippen LogP contribution in [0.4, 0.5) is 0 Å². The molecule has 0 aliphatic carbocycles. The van der Waals surface area contributed by atoms with Gasteiger partial charge in [-0.05, 0) is 6.07 Å². The van der Waals surface area contributed by atoms with E-state index in [2.05, 4.69) is 10.1 Å². The molecule has 0 bridgehead atoms. The van der Waals surface area contributed by atoms with Crippen molar-refractivity contribution in [2.75, 3.05) is 38.6 Å². The first-order valence-electron chi connectivity index (χ1n) is 6.21. The SMILES string of the molecule is O/N=C(/SCCN1CCOCC1)c1ccccc1Cl.[Cl-]. The lowest BCUT2D eigenvalue weighted by molar-refractivity contribution is -0.00000592. The van der Waals surface area contributed by atoms with Crippen molar-refractivity contribution in [1.29, 1.82) is 0 Å². The summed E-state index contributed by atoms with van der Waals surface area (Å²) in [6.07, 6.45) is 0. The molecular formula is C13H17Cl2N2O2S-. The zero-order chi connectivity index (χ0) is 13.5. The smallest absolute Gasteiger partial charge is 0.144 e. The van der Waals surface area contributed by atoms with Crippen LogP contribution in [0.2, 0.25) is 5.02 Å². The molecule has 7 heteroatoms. The third-order valence-electron chi connectivity index (χ3n) is 2.95. The fraction of sp³-hybridized carbons (Fsp3) is 0.462. The molecular weight excluding hydrogens is 319 g/mol. The summed E-state index contributed by atoms with van der Waals surface area (Å²) >= 11 is 7.61. The van der Waals surface area contributed by atoms with Crippen LogP contribution in [0.3, 0.4) is 0 Å². The zero-order valence-corrected chi connectivity index (χ0v) is 13.3. The van der Waals surface area contributed by atoms with E-state index in [9.17, 15) is 0 Å². The molecule has 1 N–H and O–H groups in total. The largest absolute Gasteiger partial charge is 1.00 e. The summed E-state index contributed by atoms with van der Waals surface area (Å²) in [6, 6.07) is 7.40. The lowest BCUT2D eigenvalue weighted by Gasteiger charge is -2.26. The van der Waals surface area contributed by atoms with E-state index in [0.29, 0.717) is 10.1 Å². The second-order valence-corrected chi connectivity index (χ2v) is 5.68. The molecule has 0 aromatic heterocycles. The van der Waals surface area contributed by atoms with Gasteiger partial charge in [0.25, 0.3) is 0 Å². The Kier molecular flexibility index (Phi) is 8.33. The van der Waals surface area contributed by atoms with Crippen LogP contribution in [0.15, 0.2) is 29.4 Å². The fourth-order valence-electron chi connectivity index (χ4n) is 1.89. The number of hydrogen-bond donors (Lipinski definition) is 1. The van der Waals surface area contributed by atoms with E-state index in [1.165, 1.54) is 11.8 Å². The van der Waals surface area contributed by atoms with E-state index in [0.717, 1.165) is 44.2 Å². The van der Waals surface area contributed by atoms with Crippen LogP contribution in [-0.4, -0.2) is 53.8 Å². The number of thioether (sulfide) groups is 1. The first-order valence-corrected chi connectivity index (χ1v) is 7.57. The van der Waals surface area contributed by atoms with Crippen LogP contribution in [0, 0.1) is 0 Å². The van der Waals surface area contributed by atoms with Crippen molar-refractivity contribution in [2.24, 2.45) is 5.16 Å². The van der Waals surface area contributed by atoms with Gasteiger partial charge >= 0.3 is 0 Å². The van der Waals surface area contributed by atoms with Crippen LogP contribution >= 0.6 is 23.4 Å². The molecule has 2 rings (SSSR count). The fourth-order valence-corrected chi connectivity index (χ4v) is 3.11. The molecule has 0 amide bonds. The van der Waals surface area contributed by atoms with Crippen molar-refractivity contribution in [3.8, 4) is 0 Å². The van der Waals surface area contributed by atoms with Gasteiger partial charge in [-0.1, -0.05) is 35.0 Å². The summed E-state index contributed by atoms with van der Waals surface area (Å²) in [6.45, 7) is 4.50. The number of rotatable bonds is 4. The highest BCUT2D eigenvalue weighted by molar-refractivity contribution is 8.14. The minimum atomic E-state index is 0. The highest BCUT2D eigenvalue weighted by atomic mass is 35.5. The maximum Gasteiger partial charge on any atom is 0.144 e. The third kappa shape index (κ3) is 5.14. The Morgan fingerprint density at radius 1 is 1.35 bits per heavy atom. The van der Waals surface area contributed by atoms with Gasteiger partial charge in [0, 0.05) is 31.0 Å². The molecule has 1 aliphatic heterocycles. The third-order valence-corrected chi connectivity index (χ3v) is 4.24. The van der Waals surface area contributed by atoms with Crippen LogP contribution in [0.5, 0.6) is 0 Å². The van der Waals surface area contributed by atoms with Crippen LogP contribution in [0.1, 0.15) is 5.56 Å². The highest BCUT2D eigenvalue weighted by Gasteiger charge is 2.12. The lowest BCUT2D eigenvalue weighted by atomic mass is 10.2. The Bertz CT molecular complexity index is 440. The van der Waals surface area contributed by atoms with Gasteiger partial charge in [-0.3, -0.25) is 4.90 Å². The van der Waals surface area contributed by atoms with Gasteiger partial charge in [0.1, 0.15) is 5.04 Å². The zero-order valence-electron chi connectivity index (χ0n) is 11.0. The van der Waals surface area contributed by atoms with E-state index in [4.69, 9.17) is 21.5 Å². The van der Waals surface area contributed by atoms with E-state index in [1.807, 2.05) is 18.2 Å². The molecule has 0 spiro atoms. The summed E-state index contributed by atoms with van der Waals surface area (Å²) in [5.41, 5.74) is 0.777. The highest BCUT2D eigenvalue weighted by Crippen LogP contribution is 2.21. The lowest BCUT2D eigenvalue weighted by Crippen LogP contribution is -3.00. The maximum absolute atomic E-state index is 9.12. The molecule has 1 fully saturated rings. The second kappa shape index (κ2) is 9.47. The van der Waals surface area contributed by atoms with Gasteiger partial charge in [0.15, 0.2) is 0 Å². The van der Waals surface area contributed by atoms with Gasteiger partial charge in [-0.15, -0.1) is 11.8 Å². The van der Waals surface area contributed by atoms with Crippen LogP contribution < -0.4 is 12.4 Å². The van der Waals surface area contributed by atoms with Crippen molar-refractivity contribution in [2.45, 2.75) is 0 Å². The molecule has 0 radical (unpaired) electrons. The van der Waals surface area contributed by atoms with E-state index in [1.54, 1.807) is 6.07 Å². The first kappa shape index (κ1) is 17.6. The molecule has 4 nitrogen and oxygen atoms in total. The predicted octanol–water partition coefficient (Wildman–Crippen LogP) is -0.455. The second-order valence-electron chi connectivity index (χ2n) is 4.19. The van der Waals surface area contributed by atoms with Gasteiger partial charge in [0.2, 0.25) is 0 Å². The van der Waals surface area contributed by atoms with Crippen LogP contribution in [-0.2, 0) is 4.74 Å². The Hall–Kier alpha value is -0.460. The molecule has 0 saturated carbocycles. The number of oxime groups is 1. The van der Waals surface area contributed by atoms with Crippen molar-refractivity contribution >= 4 is 28.4 Å². The quantitative estimate of drug-likeness (QED) is 0.350. The number of hydrogen-bond acceptors (Lipinski definition) is 5. The van der Waals surface area contributed by atoms with E-state index < -0.39 is 0 Å². The monoisotopic (exact) mass is 335 g/mol. The average Bonchev–Trinajstić information content (AvgIpc) is 2.46. The molecule has 1 aromatic carbocycles. The predicted molar refractivity (Wildman–Crippen MR) is 79.5 cm³/mol. The average molecular weight is 336 g/mol. The van der Waals surface area contributed by atoms with E-state index in [-0.39, 0.29) is 12.4 Å². The molecule has 20 heavy (non-hydrogen) atoms. The molecule has 0 atom stereocenters. The number of nitrogens with zero attached hydrogens (tertiary/aromatic N) is 2. The minimum Gasteiger partial charge on any atom is -1.00 e. The van der Waals surface area contributed by atoms with Gasteiger partial charge in [-0.25, -0.2) is 0 Å². The van der Waals surface area contributed by atoms with Crippen LogP contribution in [0.25, 0.3) is 0 Å². The number of halogens is 2. The summed E-state index contributed by atoms with van der Waals surface area (Å²) in [5, 5.41) is 13.6. The minimum absolute atomic E-state index is 0. The normalized spacial score (nSPS) is 16.8. The summed E-state index contributed by atoms with van der Waals surface area (Å²) in [5.74, 6) is 0.866. The number of ether oxygens (including phenoxy) is 1. The summed E-state index contributed by atoms with van der Waals surface area (Å²) < 4.78 is 5.30. The van der Waals surface area contributed by atoms with Gasteiger partial charge in [0.05, 0.1) is 18.2 Å². The number of benzene rings is 1. The molecule has 1 saturated heterocycles. The van der Waals surface area contributed by atoms with Crippen molar-refractivity contribution in [3.63, 3.8) is 0 Å². The van der Waals surface area contributed by atoms with Gasteiger partial charge < -0.3 is 22.4 Å². The van der Waals surface area contributed by atoms with Gasteiger partial charge in [-0.2, -0.15) is 0 Å². The first-order chi connectivity index (χ1) is 9.31. The standard InChI is InChI=1S/C13H17ClN2O2S.ClH/c14-12-4-2-1-3-11(12)13(15-17)19-10-7-16-5-8-18-9-6-16;/h1-4,17H,5-10H2;1H/p-1/b15-13+;. The number of morpholine rings is 1. The molecule has 112 valence electrons. The summed E-state index contributed by atoms with van der Waals surface area (Å²) in [4.78, 5) is 2.35. The molecule has 0 unspecified atom stereocenters. The summed E-state index contributed by atoms with van der Waals surface area (Å²) in [7, 11) is 0. The molecule has 1 aliphatic rings. The molecule has 1 heterocycles. The Balaban J connectivity index is 0.00000200. The Labute approximate surface area is 134 Å². The van der Waals surface area contributed by atoms with Crippen molar-refractivity contribution in [1.82, 2.24) is 4.90 Å². The molecule has 1 aromatic rings. The Morgan fingerprint density at radius 2 is 2.05 bits per heavy atom. The maximum atomic E-state index is 9.12. The van der Waals surface area contributed by atoms with E-state index >= 15 is 0 Å². The van der Waals surface area contributed by atoms with Crippen molar-refractivity contribution in [3.05, 3.63) is 34.9 Å². The van der Waals surface area contributed by atoms with Crippen molar-refractivity contribution < 1.29 is 22.4 Å². The topological polar surface area (TPSA) is 45.1 Å².